The molecule has 3 N–H and O–H groups in total. The summed E-state index contributed by atoms with van der Waals surface area (Å²) in [4.78, 5) is 19.8. The van der Waals surface area contributed by atoms with Gasteiger partial charge in [-0.2, -0.15) is 0 Å². The molecule has 1 saturated heterocycles. The fraction of sp³-hybridized carbons (Fsp3) is 0.280. The van der Waals surface area contributed by atoms with Crippen LogP contribution in [-0.4, -0.2) is 68.3 Å². The third kappa shape index (κ3) is 5.35. The second kappa shape index (κ2) is 11.2. The van der Waals surface area contributed by atoms with Gasteiger partial charge in [-0.25, -0.2) is 37.5 Å². The number of rotatable bonds is 8. The number of methoxy groups -OCH3 is 1. The summed E-state index contributed by atoms with van der Waals surface area (Å²) in [6.07, 6.45) is 3.33. The minimum absolute atomic E-state index is 0.104. The van der Waals surface area contributed by atoms with Crippen molar-refractivity contribution < 1.29 is 22.3 Å². The molecule has 0 spiro atoms. The fourth-order valence-electron chi connectivity index (χ4n) is 4.37. The summed E-state index contributed by atoms with van der Waals surface area (Å²) in [6, 6.07) is 8.64. The number of fused-ring (bicyclic) bond motifs is 1. The SMILES string of the molecule is COc1cc(-c2cccc(CCN[SH](=O)=O)c2F)cc2c(N3CCOCC3)nc(-c3cnc(N)nc3)nc12. The summed E-state index contributed by atoms with van der Waals surface area (Å²) in [6.45, 7) is 2.43. The highest BCUT2D eigenvalue weighted by molar-refractivity contribution is 7.70. The molecular formula is C25H26FN7O4S. The van der Waals surface area contributed by atoms with Crippen molar-refractivity contribution in [2.75, 3.05) is 50.6 Å². The third-order valence-electron chi connectivity index (χ3n) is 6.23. The lowest BCUT2D eigenvalue weighted by atomic mass is 9.98. The molecule has 0 saturated carbocycles. The quantitative estimate of drug-likeness (QED) is 0.284. The van der Waals surface area contributed by atoms with Gasteiger partial charge < -0.3 is 20.1 Å². The molecule has 4 aromatic rings. The van der Waals surface area contributed by atoms with E-state index in [-0.39, 0.29) is 18.9 Å². The number of ether oxygens (including phenoxy) is 2. The lowest BCUT2D eigenvalue weighted by Gasteiger charge is -2.29. The van der Waals surface area contributed by atoms with E-state index in [1.54, 1.807) is 36.7 Å². The van der Waals surface area contributed by atoms with Crippen molar-refractivity contribution in [3.05, 3.63) is 54.1 Å². The van der Waals surface area contributed by atoms with Gasteiger partial charge in [0.05, 0.1) is 25.9 Å². The van der Waals surface area contributed by atoms with E-state index in [1.807, 2.05) is 6.07 Å². The molecule has 1 aliphatic rings. The van der Waals surface area contributed by atoms with Crippen LogP contribution in [0.25, 0.3) is 33.4 Å². The molecule has 11 nitrogen and oxygen atoms in total. The first kappa shape index (κ1) is 25.7. The second-order valence-electron chi connectivity index (χ2n) is 8.57. The van der Waals surface area contributed by atoms with E-state index in [0.29, 0.717) is 76.9 Å². The Labute approximate surface area is 219 Å². The monoisotopic (exact) mass is 539 g/mol. The zero-order chi connectivity index (χ0) is 26.6. The molecule has 5 rings (SSSR count). The number of thiol groups is 1. The second-order valence-corrected chi connectivity index (χ2v) is 9.40. The third-order valence-corrected chi connectivity index (χ3v) is 6.71. The standard InChI is InChI=1S/C25H26FN7O4S/c1-36-20-12-16(18-4-2-3-15(21(18)26)5-6-30-38(34)35)11-19-22(20)31-23(17-13-28-25(27)29-14-17)32-24(19)33-7-9-37-10-8-33/h2-4,11-14,38H,5-10H2,1H3,(H2,27,28,29)(H,30,34,35). The van der Waals surface area contributed by atoms with Crippen LogP contribution in [0.5, 0.6) is 5.75 Å². The van der Waals surface area contributed by atoms with E-state index < -0.39 is 16.7 Å². The molecule has 0 radical (unpaired) electrons. The zero-order valence-electron chi connectivity index (χ0n) is 20.6. The number of nitrogen functional groups attached to an aromatic ring is 1. The normalized spacial score (nSPS) is 13.8. The number of hydrogen-bond acceptors (Lipinski definition) is 10. The molecule has 38 heavy (non-hydrogen) atoms. The predicted octanol–water partition coefficient (Wildman–Crippen LogP) is 1.98. The molecule has 0 atom stereocenters. The molecule has 0 bridgehead atoms. The molecule has 2 aromatic carbocycles. The molecule has 1 aliphatic heterocycles. The van der Waals surface area contributed by atoms with Gasteiger partial charge in [-0.1, -0.05) is 18.2 Å². The molecule has 0 amide bonds. The number of morpholine rings is 1. The van der Waals surface area contributed by atoms with Crippen LogP contribution in [0.1, 0.15) is 5.56 Å². The van der Waals surface area contributed by atoms with E-state index in [9.17, 15) is 8.42 Å². The van der Waals surface area contributed by atoms with Crippen molar-refractivity contribution in [1.29, 1.82) is 0 Å². The van der Waals surface area contributed by atoms with E-state index in [4.69, 9.17) is 25.2 Å². The smallest absolute Gasteiger partial charge is 0.219 e. The summed E-state index contributed by atoms with van der Waals surface area (Å²) in [5, 5.41) is 0.691. The largest absolute Gasteiger partial charge is 0.494 e. The predicted molar refractivity (Wildman–Crippen MR) is 142 cm³/mol. The lowest BCUT2D eigenvalue weighted by molar-refractivity contribution is 0.122. The molecular weight excluding hydrogens is 513 g/mol. The highest BCUT2D eigenvalue weighted by atomic mass is 32.2. The number of anilines is 2. The Morgan fingerprint density at radius 3 is 2.61 bits per heavy atom. The fourth-order valence-corrected chi connectivity index (χ4v) is 4.67. The lowest BCUT2D eigenvalue weighted by Crippen LogP contribution is -2.37. The van der Waals surface area contributed by atoms with Crippen molar-refractivity contribution in [2.24, 2.45) is 0 Å². The van der Waals surface area contributed by atoms with Gasteiger partial charge in [0.1, 0.15) is 22.9 Å². The van der Waals surface area contributed by atoms with Crippen molar-refractivity contribution in [3.8, 4) is 28.3 Å². The minimum Gasteiger partial charge on any atom is -0.494 e. The van der Waals surface area contributed by atoms with Crippen LogP contribution < -0.4 is 20.1 Å². The van der Waals surface area contributed by atoms with Gasteiger partial charge in [0.15, 0.2) is 5.82 Å². The number of benzene rings is 2. The first-order chi connectivity index (χ1) is 18.4. The van der Waals surface area contributed by atoms with E-state index in [0.717, 1.165) is 0 Å². The Balaban J connectivity index is 1.67. The van der Waals surface area contributed by atoms with Crippen molar-refractivity contribution >= 4 is 33.6 Å². The van der Waals surface area contributed by atoms with Crippen molar-refractivity contribution in [1.82, 2.24) is 24.7 Å². The van der Waals surface area contributed by atoms with E-state index in [2.05, 4.69) is 19.6 Å². The molecule has 198 valence electrons. The maximum Gasteiger partial charge on any atom is 0.219 e. The van der Waals surface area contributed by atoms with Crippen LogP contribution in [-0.2, 0) is 22.0 Å². The van der Waals surface area contributed by atoms with Crippen LogP contribution in [0.3, 0.4) is 0 Å². The minimum atomic E-state index is -2.75. The van der Waals surface area contributed by atoms with Crippen LogP contribution >= 0.6 is 0 Å². The van der Waals surface area contributed by atoms with Crippen molar-refractivity contribution in [2.45, 2.75) is 6.42 Å². The Hall–Kier alpha value is -3.94. The van der Waals surface area contributed by atoms with Gasteiger partial charge in [-0.15, -0.1) is 0 Å². The maximum absolute atomic E-state index is 15.6. The molecule has 3 heterocycles. The van der Waals surface area contributed by atoms with Crippen LogP contribution in [0.2, 0.25) is 0 Å². The van der Waals surface area contributed by atoms with Gasteiger partial charge in [0, 0.05) is 43.0 Å². The summed E-state index contributed by atoms with van der Waals surface area (Å²) in [5.41, 5.74) is 8.14. The maximum atomic E-state index is 15.6. The number of nitrogens with zero attached hydrogens (tertiary/aromatic N) is 5. The highest BCUT2D eigenvalue weighted by Crippen LogP contribution is 2.38. The summed E-state index contributed by atoms with van der Waals surface area (Å²) < 4.78 is 50.8. The average Bonchev–Trinajstić information content (AvgIpc) is 2.93. The first-order valence-corrected chi connectivity index (χ1v) is 13.1. The van der Waals surface area contributed by atoms with Crippen molar-refractivity contribution in [3.63, 3.8) is 0 Å². The van der Waals surface area contributed by atoms with E-state index in [1.165, 1.54) is 7.11 Å². The Morgan fingerprint density at radius 2 is 1.89 bits per heavy atom. The van der Waals surface area contributed by atoms with Gasteiger partial charge >= 0.3 is 0 Å². The van der Waals surface area contributed by atoms with Crippen LogP contribution in [0.15, 0.2) is 42.7 Å². The Morgan fingerprint density at radius 1 is 1.13 bits per heavy atom. The highest BCUT2D eigenvalue weighted by Gasteiger charge is 2.22. The number of aromatic nitrogens is 4. The summed E-state index contributed by atoms with van der Waals surface area (Å²) in [5.74, 6) is 1.22. The van der Waals surface area contributed by atoms with Gasteiger partial charge in [0.25, 0.3) is 0 Å². The van der Waals surface area contributed by atoms with Gasteiger partial charge in [-0.3, -0.25) is 0 Å². The Bertz CT molecular complexity index is 1540. The molecule has 2 aromatic heterocycles. The van der Waals surface area contributed by atoms with Crippen LogP contribution in [0, 0.1) is 5.82 Å². The van der Waals surface area contributed by atoms with Gasteiger partial charge in [-0.05, 0) is 29.7 Å². The first-order valence-electron chi connectivity index (χ1n) is 11.9. The average molecular weight is 540 g/mol. The number of nitrogens with two attached hydrogens (primary N) is 1. The number of nitrogens with one attached hydrogen (secondary N) is 1. The van der Waals surface area contributed by atoms with E-state index >= 15 is 4.39 Å². The molecule has 13 heteroatoms. The zero-order valence-corrected chi connectivity index (χ0v) is 21.5. The van der Waals surface area contributed by atoms with Gasteiger partial charge in [0.2, 0.25) is 16.8 Å². The number of hydrogen-bond donors (Lipinski definition) is 3. The molecule has 1 fully saturated rings. The number of halogens is 1. The summed E-state index contributed by atoms with van der Waals surface area (Å²) >= 11 is 0. The topological polar surface area (TPSA) is 145 Å². The summed E-state index contributed by atoms with van der Waals surface area (Å²) in [7, 11) is -1.22. The molecule has 0 aliphatic carbocycles. The Kier molecular flexibility index (Phi) is 7.58. The molecule has 0 unspecified atom stereocenters. The van der Waals surface area contributed by atoms with Crippen LogP contribution in [0.4, 0.5) is 16.2 Å².